The molecule has 0 saturated heterocycles. The van der Waals surface area contributed by atoms with Crippen molar-refractivity contribution in [3.05, 3.63) is 11.6 Å². The minimum Gasteiger partial charge on any atom is -0.333 e. The van der Waals surface area contributed by atoms with Crippen LogP contribution in [0.25, 0.3) is 0 Å². The number of aromatic nitrogens is 3. The van der Waals surface area contributed by atoms with Crippen molar-refractivity contribution in [3.8, 4) is 0 Å². The molecule has 0 radical (unpaired) electrons. The number of carbonyl (C=O) groups is 1. The van der Waals surface area contributed by atoms with Crippen molar-refractivity contribution in [1.82, 2.24) is 20.1 Å². The molecule has 0 bridgehead atoms. The highest BCUT2D eigenvalue weighted by Gasteiger charge is 2.21. The molecule has 0 aliphatic carbocycles. The fraction of sp³-hybridized carbons (Fsp3) is 0.700. The van der Waals surface area contributed by atoms with Crippen LogP contribution in [0.5, 0.6) is 0 Å². The van der Waals surface area contributed by atoms with Crippen LogP contribution in [0.1, 0.15) is 43.6 Å². The minimum absolute atomic E-state index is 0.101. The second-order valence-electron chi connectivity index (χ2n) is 3.59. The molecule has 0 fully saturated rings. The Hall–Kier alpha value is -1.39. The maximum absolute atomic E-state index is 12.0. The summed E-state index contributed by atoms with van der Waals surface area (Å²) < 4.78 is 0. The molecular formula is C10H18N4O. The lowest BCUT2D eigenvalue weighted by Gasteiger charge is -2.25. The number of nitrogens with one attached hydrogen (secondary N) is 1. The van der Waals surface area contributed by atoms with E-state index in [1.165, 1.54) is 0 Å². The molecule has 1 amide bonds. The van der Waals surface area contributed by atoms with Crippen LogP contribution >= 0.6 is 0 Å². The van der Waals surface area contributed by atoms with Gasteiger partial charge in [0.2, 0.25) is 5.82 Å². The average Bonchev–Trinajstić information content (AvgIpc) is 2.65. The van der Waals surface area contributed by atoms with Gasteiger partial charge in [0.25, 0.3) is 5.91 Å². The van der Waals surface area contributed by atoms with Crippen molar-refractivity contribution in [2.24, 2.45) is 0 Å². The molecule has 0 aliphatic rings. The van der Waals surface area contributed by atoms with Crippen molar-refractivity contribution in [2.75, 3.05) is 6.54 Å². The summed E-state index contributed by atoms with van der Waals surface area (Å²) in [6.07, 6.45) is 0.934. The van der Waals surface area contributed by atoms with Gasteiger partial charge < -0.3 is 4.90 Å². The summed E-state index contributed by atoms with van der Waals surface area (Å²) in [4.78, 5) is 17.8. The standard InChI is InChI=1S/C10H18N4O/c1-5-7(3)14(6-2)10(15)9-11-8(4)12-13-9/h7H,5-6H2,1-4H3,(H,11,12,13). The summed E-state index contributed by atoms with van der Waals surface area (Å²) >= 11 is 0. The van der Waals surface area contributed by atoms with E-state index in [0.29, 0.717) is 12.4 Å². The molecule has 1 aromatic heterocycles. The highest BCUT2D eigenvalue weighted by atomic mass is 16.2. The third kappa shape index (κ3) is 2.55. The Morgan fingerprint density at radius 1 is 1.53 bits per heavy atom. The van der Waals surface area contributed by atoms with Crippen molar-refractivity contribution in [3.63, 3.8) is 0 Å². The van der Waals surface area contributed by atoms with Gasteiger partial charge in [-0.2, -0.15) is 0 Å². The summed E-state index contributed by atoms with van der Waals surface area (Å²) in [5.74, 6) is 0.824. The van der Waals surface area contributed by atoms with E-state index in [2.05, 4.69) is 22.1 Å². The SMILES string of the molecule is CCC(C)N(CC)C(=O)c1n[nH]c(C)n1. The number of hydrogen-bond acceptors (Lipinski definition) is 3. The van der Waals surface area contributed by atoms with E-state index in [-0.39, 0.29) is 17.8 Å². The van der Waals surface area contributed by atoms with E-state index in [9.17, 15) is 4.79 Å². The van der Waals surface area contributed by atoms with E-state index >= 15 is 0 Å². The molecule has 0 aliphatic heterocycles. The zero-order valence-electron chi connectivity index (χ0n) is 9.74. The van der Waals surface area contributed by atoms with Gasteiger partial charge in [-0.15, -0.1) is 5.10 Å². The maximum atomic E-state index is 12.0. The lowest BCUT2D eigenvalue weighted by Crippen LogP contribution is -2.38. The van der Waals surface area contributed by atoms with Crippen LogP contribution in [0.4, 0.5) is 0 Å². The van der Waals surface area contributed by atoms with Crippen molar-refractivity contribution in [2.45, 2.75) is 40.2 Å². The predicted molar refractivity (Wildman–Crippen MR) is 57.6 cm³/mol. The van der Waals surface area contributed by atoms with E-state index in [0.717, 1.165) is 6.42 Å². The molecule has 5 heteroatoms. The molecule has 1 heterocycles. The first-order valence-corrected chi connectivity index (χ1v) is 5.30. The largest absolute Gasteiger partial charge is 0.333 e. The Balaban J connectivity index is 2.82. The summed E-state index contributed by atoms with van der Waals surface area (Å²) in [7, 11) is 0. The fourth-order valence-corrected chi connectivity index (χ4v) is 1.44. The molecule has 5 nitrogen and oxygen atoms in total. The third-order valence-corrected chi connectivity index (χ3v) is 2.51. The summed E-state index contributed by atoms with van der Waals surface area (Å²) in [6.45, 7) is 8.51. The van der Waals surface area contributed by atoms with Gasteiger partial charge in [0, 0.05) is 12.6 Å². The molecule has 15 heavy (non-hydrogen) atoms. The molecule has 0 aromatic carbocycles. The monoisotopic (exact) mass is 210 g/mol. The molecule has 1 rings (SSSR count). The predicted octanol–water partition coefficient (Wildman–Crippen LogP) is 1.37. The van der Waals surface area contributed by atoms with Crippen molar-refractivity contribution >= 4 is 5.91 Å². The minimum atomic E-state index is -0.101. The zero-order chi connectivity index (χ0) is 11.4. The Morgan fingerprint density at radius 2 is 2.20 bits per heavy atom. The van der Waals surface area contributed by atoms with Crippen LogP contribution < -0.4 is 0 Å². The average molecular weight is 210 g/mol. The topological polar surface area (TPSA) is 61.9 Å². The summed E-state index contributed by atoms with van der Waals surface area (Å²) in [6, 6.07) is 0.223. The lowest BCUT2D eigenvalue weighted by molar-refractivity contribution is 0.0687. The smallest absolute Gasteiger partial charge is 0.293 e. The van der Waals surface area contributed by atoms with E-state index in [4.69, 9.17) is 0 Å². The van der Waals surface area contributed by atoms with E-state index < -0.39 is 0 Å². The number of aryl methyl sites for hydroxylation is 1. The zero-order valence-corrected chi connectivity index (χ0v) is 9.74. The Labute approximate surface area is 89.9 Å². The van der Waals surface area contributed by atoms with Crippen LogP contribution in [-0.4, -0.2) is 38.6 Å². The van der Waals surface area contributed by atoms with Crippen LogP contribution in [-0.2, 0) is 0 Å². The van der Waals surface area contributed by atoms with E-state index in [1.807, 2.05) is 13.8 Å². The quantitative estimate of drug-likeness (QED) is 0.816. The second-order valence-corrected chi connectivity index (χ2v) is 3.59. The summed E-state index contributed by atoms with van der Waals surface area (Å²) in [5, 5.41) is 6.55. The number of amides is 1. The molecule has 1 N–H and O–H groups in total. The maximum Gasteiger partial charge on any atom is 0.293 e. The number of nitrogens with zero attached hydrogens (tertiary/aromatic N) is 3. The first kappa shape index (κ1) is 11.7. The number of aromatic amines is 1. The Bertz CT molecular complexity index is 334. The van der Waals surface area contributed by atoms with Crippen LogP contribution in [0.3, 0.4) is 0 Å². The van der Waals surface area contributed by atoms with Crippen molar-refractivity contribution < 1.29 is 4.79 Å². The number of H-pyrrole nitrogens is 1. The Morgan fingerprint density at radius 3 is 2.60 bits per heavy atom. The first-order valence-electron chi connectivity index (χ1n) is 5.30. The highest BCUT2D eigenvalue weighted by molar-refractivity contribution is 5.90. The van der Waals surface area contributed by atoms with Gasteiger partial charge in [-0.25, -0.2) is 4.98 Å². The van der Waals surface area contributed by atoms with Gasteiger partial charge in [-0.05, 0) is 27.2 Å². The normalized spacial score (nSPS) is 12.5. The number of rotatable bonds is 4. The van der Waals surface area contributed by atoms with Crippen molar-refractivity contribution in [1.29, 1.82) is 0 Å². The number of hydrogen-bond donors (Lipinski definition) is 1. The van der Waals surface area contributed by atoms with Crippen LogP contribution in [0.15, 0.2) is 0 Å². The highest BCUT2D eigenvalue weighted by Crippen LogP contribution is 2.07. The number of carbonyl (C=O) groups excluding carboxylic acids is 1. The second kappa shape index (κ2) is 4.91. The van der Waals surface area contributed by atoms with Crippen LogP contribution in [0.2, 0.25) is 0 Å². The first-order chi connectivity index (χ1) is 7.10. The van der Waals surface area contributed by atoms with Gasteiger partial charge >= 0.3 is 0 Å². The molecular weight excluding hydrogens is 192 g/mol. The fourth-order valence-electron chi connectivity index (χ4n) is 1.44. The molecule has 84 valence electrons. The lowest BCUT2D eigenvalue weighted by atomic mass is 10.2. The van der Waals surface area contributed by atoms with Gasteiger partial charge in [0.1, 0.15) is 5.82 Å². The van der Waals surface area contributed by atoms with Crippen LogP contribution in [0, 0.1) is 6.92 Å². The van der Waals surface area contributed by atoms with Gasteiger partial charge in [-0.1, -0.05) is 6.92 Å². The van der Waals surface area contributed by atoms with Gasteiger partial charge in [0.05, 0.1) is 0 Å². The Kier molecular flexibility index (Phi) is 3.82. The third-order valence-electron chi connectivity index (χ3n) is 2.51. The molecule has 0 saturated carbocycles. The molecule has 0 spiro atoms. The summed E-state index contributed by atoms with van der Waals surface area (Å²) in [5.41, 5.74) is 0. The molecule has 1 unspecified atom stereocenters. The van der Waals surface area contributed by atoms with Gasteiger partial charge in [0.15, 0.2) is 0 Å². The van der Waals surface area contributed by atoms with Gasteiger partial charge in [-0.3, -0.25) is 9.89 Å². The molecule has 1 aromatic rings. The molecule has 1 atom stereocenters. The van der Waals surface area contributed by atoms with E-state index in [1.54, 1.807) is 11.8 Å².